The first kappa shape index (κ1) is 22.1. The number of hydrogen-bond donors (Lipinski definition) is 5. The third-order valence-electron chi connectivity index (χ3n) is 4.06. The summed E-state index contributed by atoms with van der Waals surface area (Å²) in [6.07, 6.45) is 0.415. The Kier molecular flexibility index (Phi) is 7.36. The largest absolute Gasteiger partial charge is 0.480 e. The molecule has 2 aliphatic rings. The van der Waals surface area contributed by atoms with Crippen molar-refractivity contribution < 1.29 is 30.1 Å². The van der Waals surface area contributed by atoms with Gasteiger partial charge in [-0.1, -0.05) is 11.8 Å². The molecule has 28 heavy (non-hydrogen) atoms. The molecule has 13 nitrogen and oxygen atoms in total. The molecule has 8 N–H and O–H groups in total. The zero-order chi connectivity index (χ0) is 19.6. The van der Waals surface area contributed by atoms with Gasteiger partial charge in [-0.05, 0) is 23.8 Å². The van der Waals surface area contributed by atoms with Gasteiger partial charge in [0.15, 0.2) is 0 Å². The molecular formula is C13H19N7O6S2. The summed E-state index contributed by atoms with van der Waals surface area (Å²) in [6, 6.07) is -0.702. The van der Waals surface area contributed by atoms with Crippen LogP contribution in [-0.2, 0) is 14.4 Å². The summed E-state index contributed by atoms with van der Waals surface area (Å²) in [7, 11) is 0. The second-order valence-corrected chi connectivity index (χ2v) is 8.05. The quantitative estimate of drug-likeness (QED) is 0.155. The van der Waals surface area contributed by atoms with Crippen LogP contribution in [0.1, 0.15) is 6.42 Å². The van der Waals surface area contributed by atoms with Gasteiger partial charge in [-0.2, -0.15) is 5.21 Å². The Morgan fingerprint density at radius 2 is 2.21 bits per heavy atom. The number of carbonyl (C=O) groups is 3. The smallest absolute Gasteiger partial charge is 0.352 e. The molecule has 3 heterocycles. The molecule has 3 atom stereocenters. The minimum atomic E-state index is -1.20. The highest BCUT2D eigenvalue weighted by atomic mass is 32.2. The molecule has 1 aromatic rings. The maximum atomic E-state index is 12.1. The van der Waals surface area contributed by atoms with Crippen LogP contribution >= 0.6 is 23.5 Å². The Morgan fingerprint density at radius 3 is 2.82 bits per heavy atom. The fourth-order valence-electron chi connectivity index (χ4n) is 2.85. The minimum absolute atomic E-state index is 0. The summed E-state index contributed by atoms with van der Waals surface area (Å²) in [4.78, 5) is 35.9. The van der Waals surface area contributed by atoms with Crippen molar-refractivity contribution in [3.8, 4) is 0 Å². The van der Waals surface area contributed by atoms with E-state index < -0.39 is 23.9 Å². The summed E-state index contributed by atoms with van der Waals surface area (Å²) in [5, 5.41) is 34.3. The molecule has 0 bridgehead atoms. The zero-order valence-corrected chi connectivity index (χ0v) is 16.0. The number of tetrazole rings is 1. The first-order valence-corrected chi connectivity index (χ1v) is 9.82. The van der Waals surface area contributed by atoms with Crippen LogP contribution in [-0.4, -0.2) is 94.6 Å². The number of aliphatic carboxylic acids is 2. The second-order valence-electron chi connectivity index (χ2n) is 5.77. The van der Waals surface area contributed by atoms with Crippen LogP contribution in [0, 0.1) is 0 Å². The van der Waals surface area contributed by atoms with Crippen LogP contribution in [0.3, 0.4) is 0 Å². The molecule has 2 aliphatic heterocycles. The van der Waals surface area contributed by atoms with Gasteiger partial charge >= 0.3 is 11.9 Å². The third kappa shape index (κ3) is 4.44. The average molecular weight is 433 g/mol. The van der Waals surface area contributed by atoms with Gasteiger partial charge in [0.2, 0.25) is 11.1 Å². The van der Waals surface area contributed by atoms with Crippen molar-refractivity contribution in [2.24, 2.45) is 5.73 Å². The van der Waals surface area contributed by atoms with Crippen molar-refractivity contribution in [3.05, 3.63) is 11.3 Å². The van der Waals surface area contributed by atoms with E-state index in [4.69, 9.17) is 10.8 Å². The van der Waals surface area contributed by atoms with Crippen LogP contribution in [0.15, 0.2) is 16.4 Å². The van der Waals surface area contributed by atoms with Crippen molar-refractivity contribution in [2.75, 3.05) is 18.8 Å². The Labute approximate surface area is 166 Å². The lowest BCUT2D eigenvalue weighted by atomic mass is 10.0. The zero-order valence-electron chi connectivity index (χ0n) is 14.4. The van der Waals surface area contributed by atoms with E-state index in [-0.39, 0.29) is 28.3 Å². The predicted octanol–water partition coefficient (Wildman–Crippen LogP) is -2.52. The van der Waals surface area contributed by atoms with Crippen molar-refractivity contribution in [1.29, 1.82) is 0 Å². The molecule has 154 valence electrons. The van der Waals surface area contributed by atoms with E-state index in [2.05, 4.69) is 25.9 Å². The van der Waals surface area contributed by atoms with Crippen molar-refractivity contribution in [2.45, 2.75) is 28.2 Å². The number of carboxylic acid groups (broad SMARTS) is 2. The topological polar surface area (TPSA) is 219 Å². The van der Waals surface area contributed by atoms with Gasteiger partial charge < -0.3 is 26.7 Å². The average Bonchev–Trinajstić information content (AvgIpc) is 3.15. The molecular weight excluding hydrogens is 414 g/mol. The highest BCUT2D eigenvalue weighted by molar-refractivity contribution is 8.01. The molecule has 0 spiro atoms. The first-order chi connectivity index (χ1) is 12.9. The highest BCUT2D eigenvalue weighted by Gasteiger charge is 2.52. The molecule has 3 rings (SSSR count). The molecule has 0 aliphatic carbocycles. The number of fused-ring (bicyclic) bond motifs is 1. The molecule has 2 unspecified atom stereocenters. The Hall–Kier alpha value is -2.20. The van der Waals surface area contributed by atoms with E-state index >= 15 is 0 Å². The van der Waals surface area contributed by atoms with Gasteiger partial charge in [0.1, 0.15) is 17.1 Å². The summed E-state index contributed by atoms with van der Waals surface area (Å²) < 4.78 is 0. The molecule has 0 radical (unpaired) electrons. The fourth-order valence-corrected chi connectivity index (χ4v) is 5.33. The summed E-state index contributed by atoms with van der Waals surface area (Å²) in [5.41, 5.74) is 6.25. The lowest BCUT2D eigenvalue weighted by Crippen LogP contribution is -2.68. The molecule has 1 amide bonds. The number of aromatic nitrogens is 4. The Morgan fingerprint density at radius 1 is 1.46 bits per heavy atom. The van der Waals surface area contributed by atoms with Gasteiger partial charge in [0.25, 0.3) is 0 Å². The normalized spacial score (nSPS) is 22.2. The van der Waals surface area contributed by atoms with Crippen LogP contribution < -0.4 is 11.1 Å². The molecule has 1 saturated heterocycles. The van der Waals surface area contributed by atoms with Gasteiger partial charge in [-0.15, -0.1) is 22.0 Å². The Balaban J connectivity index is 0.00000280. The van der Waals surface area contributed by atoms with Crippen LogP contribution in [0.4, 0.5) is 0 Å². The Bertz CT molecular complexity index is 773. The molecule has 1 fully saturated rings. The van der Waals surface area contributed by atoms with E-state index in [9.17, 15) is 19.5 Å². The van der Waals surface area contributed by atoms with Gasteiger partial charge in [-0.3, -0.25) is 14.5 Å². The van der Waals surface area contributed by atoms with Crippen LogP contribution in [0.5, 0.6) is 0 Å². The monoisotopic (exact) mass is 433 g/mol. The van der Waals surface area contributed by atoms with Crippen LogP contribution in [0.2, 0.25) is 0 Å². The summed E-state index contributed by atoms with van der Waals surface area (Å²) >= 11 is 2.61. The predicted molar refractivity (Wildman–Crippen MR) is 98.3 cm³/mol. The number of H-pyrrole nitrogens is 1. The van der Waals surface area contributed by atoms with E-state index in [1.165, 1.54) is 28.4 Å². The number of carboxylic acids is 2. The van der Waals surface area contributed by atoms with E-state index in [0.29, 0.717) is 29.4 Å². The standard InChI is InChI=1S/C13H17N7O5S2.H2O/c14-8-10(23)20-9(12(24)25)5(4-26-11(8)20)6(1-2-15-3-7(21)22)27-13-16-18-19-17-13;/h6,8,11,15H,1-4,14H2,(H,21,22)(H,24,25)(H,16,17,18,19);1H2/t6?,8?,11-;/m0./s1. The van der Waals surface area contributed by atoms with Crippen molar-refractivity contribution in [3.63, 3.8) is 0 Å². The number of nitrogens with two attached hydrogens (primary N) is 1. The first-order valence-electron chi connectivity index (χ1n) is 7.89. The number of nitrogens with zero attached hydrogens (tertiary/aromatic N) is 4. The SMILES string of the molecule is NC1C(=O)N2C(C(=O)O)=C(C(CCNCC(=O)O)Sc3nn[nH]n3)CS[C@@H]12.O. The van der Waals surface area contributed by atoms with Crippen molar-refractivity contribution in [1.82, 2.24) is 30.8 Å². The van der Waals surface area contributed by atoms with E-state index in [1.807, 2.05) is 0 Å². The molecule has 0 aromatic carbocycles. The second kappa shape index (κ2) is 9.33. The maximum Gasteiger partial charge on any atom is 0.352 e. The number of rotatable bonds is 9. The van der Waals surface area contributed by atoms with Crippen LogP contribution in [0.25, 0.3) is 0 Å². The summed E-state index contributed by atoms with van der Waals surface area (Å²) in [6.45, 7) is 0.125. The van der Waals surface area contributed by atoms with E-state index in [1.54, 1.807) is 0 Å². The van der Waals surface area contributed by atoms with Gasteiger partial charge in [0.05, 0.1) is 6.54 Å². The maximum absolute atomic E-state index is 12.1. The fraction of sp³-hybridized carbons (Fsp3) is 0.538. The third-order valence-corrected chi connectivity index (χ3v) is 6.58. The lowest BCUT2D eigenvalue weighted by Gasteiger charge is -2.48. The number of β-lactam (4-membered cyclic amide) rings is 1. The number of aromatic amines is 1. The number of amides is 1. The highest BCUT2D eigenvalue weighted by Crippen LogP contribution is 2.43. The van der Waals surface area contributed by atoms with E-state index in [0.717, 1.165) is 0 Å². The number of nitrogens with one attached hydrogen (secondary N) is 2. The minimum Gasteiger partial charge on any atom is -0.480 e. The number of carbonyl (C=O) groups excluding carboxylic acids is 1. The van der Waals surface area contributed by atoms with Gasteiger partial charge in [-0.25, -0.2) is 4.79 Å². The number of thioether (sulfide) groups is 2. The molecule has 15 heteroatoms. The molecule has 0 saturated carbocycles. The molecule has 1 aromatic heterocycles. The van der Waals surface area contributed by atoms with Gasteiger partial charge in [0, 0.05) is 11.0 Å². The van der Waals surface area contributed by atoms with Crippen molar-refractivity contribution >= 4 is 41.4 Å². The number of hydrogen-bond acceptors (Lipinski definition) is 10. The lowest BCUT2D eigenvalue weighted by molar-refractivity contribution is -0.148. The summed E-state index contributed by atoms with van der Waals surface area (Å²) in [5.74, 6) is -2.22.